The molecule has 4 rings (SSSR count). The summed E-state index contributed by atoms with van der Waals surface area (Å²) in [5, 5.41) is 0. The highest BCUT2D eigenvalue weighted by atomic mass is 19.1. The van der Waals surface area contributed by atoms with Crippen molar-refractivity contribution >= 4 is 11.5 Å². The fourth-order valence-corrected chi connectivity index (χ4v) is 4.11. The van der Waals surface area contributed by atoms with Gasteiger partial charge >= 0.3 is 0 Å². The fraction of sp³-hybridized carbons (Fsp3) is 0.348. The number of methoxy groups -OCH3 is 1. The van der Waals surface area contributed by atoms with Gasteiger partial charge in [0.05, 0.1) is 0 Å². The molecule has 1 atom stereocenters. The second-order valence-electron chi connectivity index (χ2n) is 7.31. The van der Waals surface area contributed by atoms with Gasteiger partial charge in [-0.1, -0.05) is 36.4 Å². The zero-order valence-electron chi connectivity index (χ0n) is 16.1. The van der Waals surface area contributed by atoms with Crippen LogP contribution in [0, 0.1) is 5.82 Å². The molecule has 0 N–H and O–H groups in total. The minimum atomic E-state index is -0.282. The summed E-state index contributed by atoms with van der Waals surface area (Å²) in [5.74, 6) is -0.144. The molecular weight excluding hydrogens is 355 g/mol. The summed E-state index contributed by atoms with van der Waals surface area (Å²) in [5.41, 5.74) is 4.09. The number of amides is 1. The van der Waals surface area contributed by atoms with Crippen molar-refractivity contribution in [2.45, 2.75) is 19.1 Å². The molecule has 2 aromatic carbocycles. The first-order valence-electron chi connectivity index (χ1n) is 9.77. The Labute approximate surface area is 165 Å². The molecule has 2 heterocycles. The van der Waals surface area contributed by atoms with Crippen LogP contribution < -0.4 is 0 Å². The Balaban J connectivity index is 1.30. The predicted molar refractivity (Wildman–Crippen MR) is 107 cm³/mol. The highest BCUT2D eigenvalue weighted by molar-refractivity contribution is 5.98. The van der Waals surface area contributed by atoms with Gasteiger partial charge in [0.2, 0.25) is 0 Å². The van der Waals surface area contributed by atoms with Gasteiger partial charge in [0.15, 0.2) is 6.23 Å². The minimum absolute atomic E-state index is 0.0552. The third kappa shape index (κ3) is 3.73. The van der Waals surface area contributed by atoms with Crippen LogP contribution in [-0.2, 0) is 4.74 Å². The van der Waals surface area contributed by atoms with Crippen LogP contribution in [0.2, 0.25) is 0 Å². The number of carbonyl (C=O) groups is 1. The number of hydrogen-bond acceptors (Lipinski definition) is 3. The summed E-state index contributed by atoms with van der Waals surface area (Å²) in [6.45, 7) is 3.47. The topological polar surface area (TPSA) is 32.8 Å². The quantitative estimate of drug-likeness (QED) is 0.756. The van der Waals surface area contributed by atoms with Crippen LogP contribution in [0.4, 0.5) is 4.39 Å². The summed E-state index contributed by atoms with van der Waals surface area (Å²) in [4.78, 5) is 16.9. The molecule has 4 nitrogen and oxygen atoms in total. The Hall–Kier alpha value is -2.50. The summed E-state index contributed by atoms with van der Waals surface area (Å²) in [6, 6.07) is 14.4. The van der Waals surface area contributed by atoms with E-state index in [-0.39, 0.29) is 18.0 Å². The lowest BCUT2D eigenvalue weighted by Crippen LogP contribution is -2.34. The van der Waals surface area contributed by atoms with E-state index < -0.39 is 0 Å². The first kappa shape index (κ1) is 18.8. The average molecular weight is 380 g/mol. The molecule has 0 aromatic heterocycles. The Kier molecular flexibility index (Phi) is 5.55. The Morgan fingerprint density at radius 1 is 1.11 bits per heavy atom. The Morgan fingerprint density at radius 2 is 1.89 bits per heavy atom. The van der Waals surface area contributed by atoms with Crippen molar-refractivity contribution in [3.05, 3.63) is 77.1 Å². The molecule has 28 heavy (non-hydrogen) atoms. The SMILES string of the molecule is COC1c2ccccc2C(=O)N1CCCN1CC=C(c2ccc(F)cc2)CC1. The van der Waals surface area contributed by atoms with Crippen molar-refractivity contribution in [3.8, 4) is 0 Å². The molecule has 5 heteroatoms. The second kappa shape index (κ2) is 8.25. The summed E-state index contributed by atoms with van der Waals surface area (Å²) >= 11 is 0. The molecule has 2 aliphatic heterocycles. The van der Waals surface area contributed by atoms with Crippen molar-refractivity contribution in [2.75, 3.05) is 33.3 Å². The number of hydrogen-bond donors (Lipinski definition) is 0. The van der Waals surface area contributed by atoms with E-state index >= 15 is 0 Å². The van der Waals surface area contributed by atoms with Crippen molar-refractivity contribution < 1.29 is 13.9 Å². The van der Waals surface area contributed by atoms with Gasteiger partial charge in [-0.25, -0.2) is 4.39 Å². The second-order valence-corrected chi connectivity index (χ2v) is 7.31. The molecular formula is C23H25FN2O2. The van der Waals surface area contributed by atoms with Gasteiger partial charge in [0.25, 0.3) is 5.91 Å². The highest BCUT2D eigenvalue weighted by Gasteiger charge is 2.36. The lowest BCUT2D eigenvalue weighted by Gasteiger charge is -2.28. The van der Waals surface area contributed by atoms with Gasteiger partial charge < -0.3 is 9.64 Å². The van der Waals surface area contributed by atoms with Crippen LogP contribution >= 0.6 is 0 Å². The molecule has 0 spiro atoms. The summed E-state index contributed by atoms with van der Waals surface area (Å²) in [6.07, 6.45) is 3.81. The molecule has 0 saturated carbocycles. The van der Waals surface area contributed by atoms with Crippen molar-refractivity contribution in [3.63, 3.8) is 0 Å². The fourth-order valence-electron chi connectivity index (χ4n) is 4.11. The molecule has 2 aliphatic rings. The largest absolute Gasteiger partial charge is 0.357 e. The van der Waals surface area contributed by atoms with Gasteiger partial charge in [0.1, 0.15) is 5.82 Å². The van der Waals surface area contributed by atoms with Crippen LogP contribution in [0.1, 0.15) is 40.6 Å². The molecule has 0 aliphatic carbocycles. The number of fused-ring (bicyclic) bond motifs is 1. The first-order valence-corrected chi connectivity index (χ1v) is 9.77. The molecule has 0 fully saturated rings. The maximum atomic E-state index is 13.1. The molecule has 2 aromatic rings. The molecule has 0 bridgehead atoms. The number of benzene rings is 2. The number of carbonyl (C=O) groups excluding carboxylic acids is 1. The molecule has 0 radical (unpaired) electrons. The van der Waals surface area contributed by atoms with E-state index in [9.17, 15) is 9.18 Å². The Bertz CT molecular complexity index is 878. The predicted octanol–water partition coefficient (Wildman–Crippen LogP) is 4.11. The summed E-state index contributed by atoms with van der Waals surface area (Å²) < 4.78 is 18.7. The molecule has 0 saturated heterocycles. The van der Waals surface area contributed by atoms with E-state index in [0.29, 0.717) is 6.54 Å². The maximum Gasteiger partial charge on any atom is 0.256 e. The average Bonchev–Trinajstić information content (AvgIpc) is 3.01. The van der Waals surface area contributed by atoms with Gasteiger partial charge in [-0.3, -0.25) is 9.69 Å². The maximum absolute atomic E-state index is 13.1. The van der Waals surface area contributed by atoms with E-state index in [1.807, 2.05) is 41.3 Å². The lowest BCUT2D eigenvalue weighted by atomic mass is 9.99. The first-order chi connectivity index (χ1) is 13.7. The van der Waals surface area contributed by atoms with Crippen molar-refractivity contribution in [1.29, 1.82) is 0 Å². The van der Waals surface area contributed by atoms with E-state index in [1.54, 1.807) is 7.11 Å². The highest BCUT2D eigenvalue weighted by Crippen LogP contribution is 2.33. The van der Waals surface area contributed by atoms with Crippen molar-refractivity contribution in [1.82, 2.24) is 9.80 Å². The number of nitrogens with zero attached hydrogens (tertiary/aromatic N) is 2. The number of ether oxygens (including phenoxy) is 1. The van der Waals surface area contributed by atoms with Crippen molar-refractivity contribution in [2.24, 2.45) is 0 Å². The lowest BCUT2D eigenvalue weighted by molar-refractivity contribution is -0.0136. The van der Waals surface area contributed by atoms with Crippen LogP contribution in [0.5, 0.6) is 0 Å². The van der Waals surface area contributed by atoms with E-state index in [1.165, 1.54) is 17.7 Å². The molecule has 146 valence electrons. The number of rotatable bonds is 6. The van der Waals surface area contributed by atoms with Crippen LogP contribution in [0.15, 0.2) is 54.6 Å². The van der Waals surface area contributed by atoms with E-state index in [2.05, 4.69) is 11.0 Å². The zero-order valence-corrected chi connectivity index (χ0v) is 16.1. The van der Waals surface area contributed by atoms with Gasteiger partial charge in [-0.2, -0.15) is 0 Å². The number of halogens is 1. The third-order valence-electron chi connectivity index (χ3n) is 5.61. The van der Waals surface area contributed by atoms with Gasteiger partial charge in [-0.15, -0.1) is 0 Å². The van der Waals surface area contributed by atoms with Crippen LogP contribution in [0.25, 0.3) is 5.57 Å². The van der Waals surface area contributed by atoms with Crippen LogP contribution in [0.3, 0.4) is 0 Å². The standard InChI is InChI=1S/C23H25FN2O2/c1-28-23-21-6-3-2-5-20(21)22(27)26(23)14-4-13-25-15-11-18(12-16-25)17-7-9-19(24)10-8-17/h2-3,5-11,23H,4,12-16H2,1H3. The van der Waals surface area contributed by atoms with E-state index in [4.69, 9.17) is 4.74 Å². The molecule has 1 amide bonds. The van der Waals surface area contributed by atoms with Gasteiger partial charge in [0, 0.05) is 44.4 Å². The monoisotopic (exact) mass is 380 g/mol. The summed E-state index contributed by atoms with van der Waals surface area (Å²) in [7, 11) is 1.65. The molecule has 1 unspecified atom stereocenters. The van der Waals surface area contributed by atoms with E-state index in [0.717, 1.165) is 49.2 Å². The smallest absolute Gasteiger partial charge is 0.256 e. The normalized spacial score (nSPS) is 19.6. The Morgan fingerprint density at radius 3 is 2.61 bits per heavy atom. The van der Waals surface area contributed by atoms with Crippen LogP contribution in [-0.4, -0.2) is 49.0 Å². The minimum Gasteiger partial charge on any atom is -0.357 e. The zero-order chi connectivity index (χ0) is 19.5. The third-order valence-corrected chi connectivity index (χ3v) is 5.61. The van der Waals surface area contributed by atoms with Gasteiger partial charge in [-0.05, 0) is 42.2 Å².